The first-order valence-corrected chi connectivity index (χ1v) is 5.97. The van der Waals surface area contributed by atoms with Crippen LogP contribution in [-0.4, -0.2) is 18.0 Å². The van der Waals surface area contributed by atoms with Gasteiger partial charge in [-0.05, 0) is 25.2 Å². The zero-order valence-corrected chi connectivity index (χ0v) is 10.2. The Morgan fingerprint density at radius 1 is 1.53 bits per heavy atom. The topological polar surface area (TPSA) is 55.1 Å². The molecular formula is C12H24N2O. The lowest BCUT2D eigenvalue weighted by Gasteiger charge is -2.39. The molecule has 3 nitrogen and oxygen atoms in total. The monoisotopic (exact) mass is 212 g/mol. The lowest BCUT2D eigenvalue weighted by molar-refractivity contribution is -0.123. The molecule has 2 unspecified atom stereocenters. The molecule has 15 heavy (non-hydrogen) atoms. The van der Waals surface area contributed by atoms with Crippen molar-refractivity contribution in [1.29, 1.82) is 0 Å². The van der Waals surface area contributed by atoms with Crippen LogP contribution in [0.3, 0.4) is 0 Å². The van der Waals surface area contributed by atoms with Gasteiger partial charge in [-0.15, -0.1) is 0 Å². The first-order chi connectivity index (χ1) is 6.92. The highest BCUT2D eigenvalue weighted by molar-refractivity contribution is 5.76. The second-order valence-corrected chi connectivity index (χ2v) is 5.54. The Hall–Kier alpha value is -0.570. The molecule has 0 aromatic carbocycles. The zero-order valence-electron chi connectivity index (χ0n) is 10.2. The fraction of sp³-hybridized carbons (Fsp3) is 0.917. The lowest BCUT2D eigenvalue weighted by atomic mass is 9.73. The van der Waals surface area contributed by atoms with Crippen molar-refractivity contribution in [1.82, 2.24) is 5.32 Å². The summed E-state index contributed by atoms with van der Waals surface area (Å²) in [4.78, 5) is 11.6. The third-order valence-corrected chi connectivity index (χ3v) is 3.35. The highest BCUT2D eigenvalue weighted by Crippen LogP contribution is 2.35. The van der Waals surface area contributed by atoms with Gasteiger partial charge in [0.15, 0.2) is 0 Å². The molecule has 0 aromatic heterocycles. The van der Waals surface area contributed by atoms with E-state index in [1.165, 1.54) is 19.3 Å². The number of rotatable bonds is 3. The van der Waals surface area contributed by atoms with Gasteiger partial charge in [0.05, 0.1) is 0 Å². The number of carbonyl (C=O) groups is 1. The normalized spacial score (nSPS) is 27.1. The van der Waals surface area contributed by atoms with Gasteiger partial charge in [-0.3, -0.25) is 4.79 Å². The number of hydrogen-bond donors (Lipinski definition) is 2. The molecule has 1 amide bonds. The summed E-state index contributed by atoms with van der Waals surface area (Å²) in [6.07, 6.45) is 5.26. The average Bonchev–Trinajstić information content (AvgIpc) is 2.07. The van der Waals surface area contributed by atoms with E-state index >= 15 is 0 Å². The van der Waals surface area contributed by atoms with Crippen LogP contribution in [-0.2, 0) is 4.79 Å². The average molecular weight is 212 g/mol. The second kappa shape index (κ2) is 4.97. The molecule has 0 radical (unpaired) electrons. The molecule has 1 rings (SSSR count). The van der Waals surface area contributed by atoms with E-state index in [2.05, 4.69) is 19.2 Å². The molecule has 1 aliphatic carbocycles. The Morgan fingerprint density at radius 2 is 2.20 bits per heavy atom. The number of amides is 1. The van der Waals surface area contributed by atoms with E-state index < -0.39 is 0 Å². The molecule has 3 N–H and O–H groups in total. The number of nitrogens with two attached hydrogens (primary N) is 1. The summed E-state index contributed by atoms with van der Waals surface area (Å²) in [5.74, 6) is 0.102. The quantitative estimate of drug-likeness (QED) is 0.749. The molecule has 3 heteroatoms. The van der Waals surface area contributed by atoms with Crippen molar-refractivity contribution >= 4 is 5.91 Å². The van der Waals surface area contributed by atoms with Crippen molar-refractivity contribution in [3.63, 3.8) is 0 Å². The minimum Gasteiger partial charge on any atom is -0.353 e. The Balaban J connectivity index is 2.45. The Kier molecular flexibility index (Phi) is 4.14. The van der Waals surface area contributed by atoms with E-state index in [1.54, 1.807) is 0 Å². The van der Waals surface area contributed by atoms with Gasteiger partial charge in [0.2, 0.25) is 5.91 Å². The molecule has 2 atom stereocenters. The van der Waals surface area contributed by atoms with Crippen LogP contribution < -0.4 is 11.1 Å². The highest BCUT2D eigenvalue weighted by Gasteiger charge is 2.32. The van der Waals surface area contributed by atoms with Gasteiger partial charge in [-0.25, -0.2) is 0 Å². The van der Waals surface area contributed by atoms with Crippen molar-refractivity contribution in [2.24, 2.45) is 11.1 Å². The zero-order chi connectivity index (χ0) is 11.5. The minimum atomic E-state index is -0.0447. The maximum Gasteiger partial charge on any atom is 0.221 e. The van der Waals surface area contributed by atoms with Crippen molar-refractivity contribution in [3.8, 4) is 0 Å². The molecule has 0 aliphatic heterocycles. The molecule has 0 saturated heterocycles. The van der Waals surface area contributed by atoms with Crippen LogP contribution in [0.5, 0.6) is 0 Å². The van der Waals surface area contributed by atoms with Crippen LogP contribution >= 0.6 is 0 Å². The predicted molar refractivity (Wildman–Crippen MR) is 62.4 cm³/mol. The number of nitrogens with one attached hydrogen (secondary N) is 1. The van der Waals surface area contributed by atoms with Crippen molar-refractivity contribution in [2.45, 2.75) is 65.0 Å². The molecular weight excluding hydrogens is 188 g/mol. The molecule has 1 saturated carbocycles. The standard InChI is InChI=1S/C12H24N2O/c1-9(13)8-11(15)14-10-6-4-5-7-12(10,2)3/h9-10H,4-8,13H2,1-3H3,(H,14,15). The smallest absolute Gasteiger partial charge is 0.221 e. The van der Waals surface area contributed by atoms with Crippen LogP contribution in [0.25, 0.3) is 0 Å². The van der Waals surface area contributed by atoms with E-state index in [0.717, 1.165) is 6.42 Å². The highest BCUT2D eigenvalue weighted by atomic mass is 16.1. The molecule has 0 aromatic rings. The van der Waals surface area contributed by atoms with Gasteiger partial charge < -0.3 is 11.1 Å². The Morgan fingerprint density at radius 3 is 2.73 bits per heavy atom. The van der Waals surface area contributed by atoms with Gasteiger partial charge >= 0.3 is 0 Å². The largest absolute Gasteiger partial charge is 0.353 e. The summed E-state index contributed by atoms with van der Waals surface area (Å²) in [6, 6.07) is 0.286. The van der Waals surface area contributed by atoms with Gasteiger partial charge in [0.1, 0.15) is 0 Å². The predicted octanol–water partition coefficient (Wildman–Crippen LogP) is 1.81. The summed E-state index contributed by atoms with van der Waals surface area (Å²) in [6.45, 7) is 6.34. The maximum atomic E-state index is 11.6. The van der Waals surface area contributed by atoms with Crippen LogP contribution in [0, 0.1) is 5.41 Å². The number of carbonyl (C=O) groups excluding carboxylic acids is 1. The van der Waals surface area contributed by atoms with E-state index in [-0.39, 0.29) is 17.4 Å². The summed E-state index contributed by atoms with van der Waals surface area (Å²) in [7, 11) is 0. The maximum absolute atomic E-state index is 11.6. The van der Waals surface area contributed by atoms with Crippen LogP contribution in [0.1, 0.15) is 52.9 Å². The van der Waals surface area contributed by atoms with E-state index in [4.69, 9.17) is 5.73 Å². The molecule has 88 valence electrons. The van der Waals surface area contributed by atoms with Crippen LogP contribution in [0.2, 0.25) is 0 Å². The SMILES string of the molecule is CC(N)CC(=O)NC1CCCCC1(C)C. The first-order valence-electron chi connectivity index (χ1n) is 5.97. The van der Waals surface area contributed by atoms with E-state index in [0.29, 0.717) is 12.5 Å². The lowest BCUT2D eigenvalue weighted by Crippen LogP contribution is -2.47. The Bertz CT molecular complexity index is 224. The van der Waals surface area contributed by atoms with Gasteiger partial charge in [0, 0.05) is 18.5 Å². The van der Waals surface area contributed by atoms with E-state index in [1.807, 2.05) is 6.92 Å². The summed E-state index contributed by atoms with van der Waals surface area (Å²) in [5, 5.41) is 3.12. The number of hydrogen-bond acceptors (Lipinski definition) is 2. The molecule has 1 fully saturated rings. The second-order valence-electron chi connectivity index (χ2n) is 5.54. The van der Waals surface area contributed by atoms with Crippen molar-refractivity contribution < 1.29 is 4.79 Å². The minimum absolute atomic E-state index is 0.0447. The summed E-state index contributed by atoms with van der Waals surface area (Å²) in [5.41, 5.74) is 5.85. The summed E-state index contributed by atoms with van der Waals surface area (Å²) < 4.78 is 0. The van der Waals surface area contributed by atoms with Crippen molar-refractivity contribution in [3.05, 3.63) is 0 Å². The molecule has 1 aliphatic rings. The summed E-state index contributed by atoms with van der Waals surface area (Å²) >= 11 is 0. The molecule has 0 spiro atoms. The van der Waals surface area contributed by atoms with Gasteiger partial charge in [-0.1, -0.05) is 26.7 Å². The third-order valence-electron chi connectivity index (χ3n) is 3.35. The fourth-order valence-corrected chi connectivity index (χ4v) is 2.31. The van der Waals surface area contributed by atoms with Crippen LogP contribution in [0.15, 0.2) is 0 Å². The van der Waals surface area contributed by atoms with Crippen LogP contribution in [0.4, 0.5) is 0 Å². The van der Waals surface area contributed by atoms with E-state index in [9.17, 15) is 4.79 Å². The van der Waals surface area contributed by atoms with Crippen molar-refractivity contribution in [2.75, 3.05) is 0 Å². The Labute approximate surface area is 92.8 Å². The van der Waals surface area contributed by atoms with Gasteiger partial charge in [0.25, 0.3) is 0 Å². The third kappa shape index (κ3) is 3.82. The molecule has 0 heterocycles. The molecule has 0 bridgehead atoms. The fourth-order valence-electron chi connectivity index (χ4n) is 2.31. The first kappa shape index (κ1) is 12.5. The van der Waals surface area contributed by atoms with Gasteiger partial charge in [-0.2, -0.15) is 0 Å².